The van der Waals surface area contributed by atoms with Crippen molar-refractivity contribution in [3.63, 3.8) is 0 Å². The third-order valence-corrected chi connectivity index (χ3v) is 2.98. The summed E-state index contributed by atoms with van der Waals surface area (Å²) >= 11 is 0. The summed E-state index contributed by atoms with van der Waals surface area (Å²) in [6.07, 6.45) is 3.81. The Labute approximate surface area is 122 Å². The highest BCUT2D eigenvalue weighted by molar-refractivity contribution is 5.93. The van der Waals surface area contributed by atoms with E-state index in [9.17, 15) is 9.59 Å². The van der Waals surface area contributed by atoms with Crippen LogP contribution in [0.25, 0.3) is 5.65 Å². The van der Waals surface area contributed by atoms with E-state index in [1.54, 1.807) is 24.5 Å². The number of hydrogen-bond acceptors (Lipinski definition) is 4. The van der Waals surface area contributed by atoms with Crippen LogP contribution in [0.15, 0.2) is 24.5 Å². The number of nitrogens with zero attached hydrogens (tertiary/aromatic N) is 3. The molecule has 2 rings (SSSR count). The van der Waals surface area contributed by atoms with Gasteiger partial charge in [0.2, 0.25) is 0 Å². The van der Waals surface area contributed by atoms with Gasteiger partial charge in [-0.25, -0.2) is 9.50 Å². The maximum atomic E-state index is 12.2. The van der Waals surface area contributed by atoms with Gasteiger partial charge in [-0.3, -0.25) is 9.59 Å². The summed E-state index contributed by atoms with van der Waals surface area (Å²) in [5.41, 5.74) is 0.800. The van der Waals surface area contributed by atoms with Crippen molar-refractivity contribution in [1.29, 1.82) is 0 Å². The minimum atomic E-state index is -0.933. The molecule has 2 heterocycles. The lowest BCUT2D eigenvalue weighted by molar-refractivity contribution is -0.137. The third kappa shape index (κ3) is 4.01. The second-order valence-corrected chi connectivity index (χ2v) is 5.35. The van der Waals surface area contributed by atoms with Gasteiger partial charge in [-0.15, -0.1) is 0 Å². The van der Waals surface area contributed by atoms with Gasteiger partial charge in [0.25, 0.3) is 5.91 Å². The van der Waals surface area contributed by atoms with Crippen LogP contribution in [0, 0.1) is 5.92 Å². The molecule has 7 nitrogen and oxygen atoms in total. The number of aromatic nitrogens is 3. The average molecular weight is 290 g/mol. The normalized spacial score (nSPS) is 12.5. The fraction of sp³-hybridized carbons (Fsp3) is 0.429. The molecule has 0 radical (unpaired) electrons. The first-order chi connectivity index (χ1) is 9.95. The summed E-state index contributed by atoms with van der Waals surface area (Å²) in [6.45, 7) is 3.96. The van der Waals surface area contributed by atoms with Gasteiger partial charge in [0, 0.05) is 24.5 Å². The van der Waals surface area contributed by atoms with Crippen LogP contribution < -0.4 is 5.32 Å². The van der Waals surface area contributed by atoms with Crippen LogP contribution >= 0.6 is 0 Å². The fourth-order valence-corrected chi connectivity index (χ4v) is 2.17. The third-order valence-electron chi connectivity index (χ3n) is 2.98. The topological polar surface area (TPSA) is 96.6 Å². The van der Waals surface area contributed by atoms with E-state index < -0.39 is 12.0 Å². The summed E-state index contributed by atoms with van der Waals surface area (Å²) in [5.74, 6) is -1.03. The molecule has 2 N–H and O–H groups in total. The minimum absolute atomic E-state index is 0.102. The molecule has 0 saturated heterocycles. The second-order valence-electron chi connectivity index (χ2n) is 5.35. The van der Waals surface area contributed by atoms with Gasteiger partial charge >= 0.3 is 5.97 Å². The number of carbonyl (C=O) groups excluding carboxylic acids is 1. The van der Waals surface area contributed by atoms with Crippen LogP contribution in [-0.4, -0.2) is 37.6 Å². The number of rotatable bonds is 6. The number of carbonyl (C=O) groups is 2. The smallest absolute Gasteiger partial charge is 0.305 e. The first kappa shape index (κ1) is 15.0. The van der Waals surface area contributed by atoms with Gasteiger partial charge < -0.3 is 10.4 Å². The molecular formula is C14H18N4O3. The Bertz CT molecular complexity index is 617. The molecule has 2 aromatic heterocycles. The summed E-state index contributed by atoms with van der Waals surface area (Å²) < 4.78 is 1.50. The number of hydrogen-bond donors (Lipinski definition) is 2. The zero-order chi connectivity index (χ0) is 15.4. The van der Waals surface area contributed by atoms with Crippen LogP contribution in [-0.2, 0) is 4.79 Å². The summed E-state index contributed by atoms with van der Waals surface area (Å²) in [4.78, 5) is 27.1. The molecule has 0 aliphatic rings. The van der Waals surface area contributed by atoms with Gasteiger partial charge in [0.1, 0.15) is 0 Å². The number of aliphatic carboxylic acids is 1. The highest BCUT2D eigenvalue weighted by Crippen LogP contribution is 2.10. The van der Waals surface area contributed by atoms with Crippen LogP contribution in [0.3, 0.4) is 0 Å². The second kappa shape index (κ2) is 6.34. The van der Waals surface area contributed by atoms with Crippen LogP contribution in [0.4, 0.5) is 0 Å². The molecule has 21 heavy (non-hydrogen) atoms. The van der Waals surface area contributed by atoms with Crippen molar-refractivity contribution in [2.45, 2.75) is 32.7 Å². The SMILES string of the molecule is CC(C)C[C@@H](CC(=O)O)NC(=O)c1cc2ncccn2n1. The van der Waals surface area contributed by atoms with Crippen LogP contribution in [0.1, 0.15) is 37.2 Å². The molecular weight excluding hydrogens is 272 g/mol. The zero-order valence-electron chi connectivity index (χ0n) is 12.0. The number of fused-ring (bicyclic) bond motifs is 1. The average Bonchev–Trinajstić information content (AvgIpc) is 2.80. The highest BCUT2D eigenvalue weighted by Gasteiger charge is 2.20. The molecule has 2 aromatic rings. The maximum absolute atomic E-state index is 12.2. The molecule has 0 unspecified atom stereocenters. The fourth-order valence-electron chi connectivity index (χ4n) is 2.17. The molecule has 0 fully saturated rings. The van der Waals surface area contributed by atoms with E-state index in [-0.39, 0.29) is 23.9 Å². The number of carboxylic acids is 1. The monoisotopic (exact) mass is 290 g/mol. The van der Waals surface area contributed by atoms with E-state index in [0.717, 1.165) is 0 Å². The Kier molecular flexibility index (Phi) is 4.52. The van der Waals surface area contributed by atoms with Crippen molar-refractivity contribution in [1.82, 2.24) is 19.9 Å². The van der Waals surface area contributed by atoms with E-state index in [2.05, 4.69) is 15.4 Å². The molecule has 0 saturated carbocycles. The van der Waals surface area contributed by atoms with E-state index in [0.29, 0.717) is 12.1 Å². The van der Waals surface area contributed by atoms with Crippen molar-refractivity contribution in [3.05, 3.63) is 30.2 Å². The van der Waals surface area contributed by atoms with Crippen molar-refractivity contribution >= 4 is 17.5 Å². The number of amides is 1. The Morgan fingerprint density at radius 3 is 2.81 bits per heavy atom. The number of nitrogens with one attached hydrogen (secondary N) is 1. The molecule has 0 aliphatic heterocycles. The Balaban J connectivity index is 2.11. The summed E-state index contributed by atoms with van der Waals surface area (Å²) in [6, 6.07) is 2.88. The van der Waals surface area contributed by atoms with E-state index in [1.807, 2.05) is 13.8 Å². The lowest BCUT2D eigenvalue weighted by atomic mass is 10.0. The van der Waals surface area contributed by atoms with Gasteiger partial charge in [0.15, 0.2) is 11.3 Å². The van der Waals surface area contributed by atoms with Gasteiger partial charge in [-0.2, -0.15) is 5.10 Å². The molecule has 0 spiro atoms. The Hall–Kier alpha value is -2.44. The predicted octanol–water partition coefficient (Wildman–Crippen LogP) is 1.35. The molecule has 7 heteroatoms. The quantitative estimate of drug-likeness (QED) is 0.837. The summed E-state index contributed by atoms with van der Waals surface area (Å²) in [7, 11) is 0. The van der Waals surface area contributed by atoms with Gasteiger partial charge in [-0.1, -0.05) is 13.8 Å². The Morgan fingerprint density at radius 1 is 1.43 bits per heavy atom. The molecule has 0 aromatic carbocycles. The maximum Gasteiger partial charge on any atom is 0.305 e. The number of carboxylic acid groups (broad SMARTS) is 1. The van der Waals surface area contributed by atoms with Gasteiger partial charge in [-0.05, 0) is 18.4 Å². The van der Waals surface area contributed by atoms with E-state index in [4.69, 9.17) is 5.11 Å². The zero-order valence-corrected chi connectivity index (χ0v) is 12.0. The molecule has 1 amide bonds. The van der Waals surface area contributed by atoms with Gasteiger partial charge in [0.05, 0.1) is 6.42 Å². The standard InChI is InChI=1S/C14H18N4O3/c1-9(2)6-10(7-13(19)20)16-14(21)11-8-12-15-4-3-5-18(12)17-11/h3-5,8-10H,6-7H2,1-2H3,(H,16,21)(H,19,20)/t10-/m0/s1. The lowest BCUT2D eigenvalue weighted by Crippen LogP contribution is -2.37. The molecule has 0 aliphatic carbocycles. The Morgan fingerprint density at radius 2 is 2.19 bits per heavy atom. The highest BCUT2D eigenvalue weighted by atomic mass is 16.4. The lowest BCUT2D eigenvalue weighted by Gasteiger charge is -2.18. The van der Waals surface area contributed by atoms with Crippen molar-refractivity contribution < 1.29 is 14.7 Å². The predicted molar refractivity (Wildman–Crippen MR) is 75.9 cm³/mol. The summed E-state index contributed by atoms with van der Waals surface area (Å²) in [5, 5.41) is 15.8. The van der Waals surface area contributed by atoms with Crippen molar-refractivity contribution in [3.8, 4) is 0 Å². The first-order valence-corrected chi connectivity index (χ1v) is 6.78. The molecule has 112 valence electrons. The van der Waals surface area contributed by atoms with Crippen molar-refractivity contribution in [2.75, 3.05) is 0 Å². The van der Waals surface area contributed by atoms with Crippen LogP contribution in [0.2, 0.25) is 0 Å². The van der Waals surface area contributed by atoms with E-state index >= 15 is 0 Å². The molecule has 0 bridgehead atoms. The molecule has 1 atom stereocenters. The van der Waals surface area contributed by atoms with Crippen molar-refractivity contribution in [2.24, 2.45) is 5.92 Å². The van der Waals surface area contributed by atoms with E-state index in [1.165, 1.54) is 4.52 Å². The van der Waals surface area contributed by atoms with Crippen LogP contribution in [0.5, 0.6) is 0 Å². The minimum Gasteiger partial charge on any atom is -0.481 e. The largest absolute Gasteiger partial charge is 0.481 e. The first-order valence-electron chi connectivity index (χ1n) is 6.78.